The average Bonchev–Trinajstić information content (AvgIpc) is 2.02. The monoisotopic (exact) mass is 222 g/mol. The lowest BCUT2D eigenvalue weighted by Gasteiger charge is -2.34. The van der Waals surface area contributed by atoms with Gasteiger partial charge in [-0.05, 0) is 19.8 Å². The first-order chi connectivity index (χ1) is 6.41. The highest BCUT2D eigenvalue weighted by Crippen LogP contribution is 2.17. The highest BCUT2D eigenvalue weighted by atomic mass is 32.2. The lowest BCUT2D eigenvalue weighted by atomic mass is 9.95. The van der Waals surface area contributed by atoms with Crippen LogP contribution in [0.2, 0.25) is 0 Å². The van der Waals surface area contributed by atoms with Crippen LogP contribution in [0.1, 0.15) is 19.8 Å². The molecule has 84 valence electrons. The highest BCUT2D eigenvalue weighted by molar-refractivity contribution is 7.89. The Balaban J connectivity index is 2.29. The van der Waals surface area contributed by atoms with Crippen LogP contribution in [0.5, 0.6) is 0 Å². The molecule has 0 bridgehead atoms. The third-order valence-electron chi connectivity index (χ3n) is 2.38. The Morgan fingerprint density at radius 3 is 2.79 bits per heavy atom. The van der Waals surface area contributed by atoms with Gasteiger partial charge in [-0.25, -0.2) is 13.6 Å². The number of nitrogens with one attached hydrogen (secondary N) is 1. The number of hydrogen-bond donors (Lipinski definition) is 2. The maximum Gasteiger partial charge on any atom is 0.210 e. The normalized spacial score (nSPS) is 29.0. The number of rotatable bonds is 4. The van der Waals surface area contributed by atoms with E-state index in [1.54, 1.807) is 0 Å². The molecule has 0 spiro atoms. The van der Waals surface area contributed by atoms with E-state index in [0.717, 1.165) is 19.4 Å². The van der Waals surface area contributed by atoms with Gasteiger partial charge in [0, 0.05) is 18.7 Å². The molecule has 0 saturated carbocycles. The minimum atomic E-state index is -3.36. The van der Waals surface area contributed by atoms with Gasteiger partial charge in [-0.15, -0.1) is 0 Å². The Labute approximate surface area is 85.1 Å². The average molecular weight is 222 g/mol. The van der Waals surface area contributed by atoms with Gasteiger partial charge in [-0.1, -0.05) is 0 Å². The van der Waals surface area contributed by atoms with Crippen molar-refractivity contribution in [1.29, 1.82) is 0 Å². The van der Waals surface area contributed by atoms with Crippen molar-refractivity contribution < 1.29 is 13.2 Å². The van der Waals surface area contributed by atoms with E-state index in [4.69, 9.17) is 9.88 Å². The second-order valence-corrected chi connectivity index (χ2v) is 5.74. The molecule has 0 aliphatic carbocycles. The number of sulfonamides is 1. The van der Waals surface area contributed by atoms with E-state index in [9.17, 15) is 8.42 Å². The number of hydrogen-bond acceptors (Lipinski definition) is 4. The van der Waals surface area contributed by atoms with Crippen LogP contribution in [-0.4, -0.2) is 39.5 Å². The molecule has 0 aromatic rings. The molecule has 0 radical (unpaired) electrons. The Morgan fingerprint density at radius 2 is 2.29 bits per heavy atom. The molecule has 14 heavy (non-hydrogen) atoms. The van der Waals surface area contributed by atoms with Crippen molar-refractivity contribution in [2.75, 3.05) is 25.5 Å². The van der Waals surface area contributed by atoms with E-state index >= 15 is 0 Å². The molecule has 1 rings (SSSR count). The smallest absolute Gasteiger partial charge is 0.210 e. The summed E-state index contributed by atoms with van der Waals surface area (Å²) in [6.07, 6.45) is 2.02. The molecule has 6 heteroatoms. The van der Waals surface area contributed by atoms with Crippen molar-refractivity contribution in [2.45, 2.75) is 25.3 Å². The summed E-state index contributed by atoms with van der Waals surface area (Å²) in [5.41, 5.74) is -0.0943. The van der Waals surface area contributed by atoms with Gasteiger partial charge in [0.2, 0.25) is 10.0 Å². The van der Waals surface area contributed by atoms with Gasteiger partial charge in [0.05, 0.1) is 12.4 Å². The molecular weight excluding hydrogens is 204 g/mol. The lowest BCUT2D eigenvalue weighted by Crippen LogP contribution is -2.50. The van der Waals surface area contributed by atoms with Crippen LogP contribution in [-0.2, 0) is 14.8 Å². The van der Waals surface area contributed by atoms with Crippen molar-refractivity contribution in [3.05, 3.63) is 0 Å². The van der Waals surface area contributed by atoms with Crippen molar-refractivity contribution in [3.8, 4) is 0 Å². The predicted molar refractivity (Wildman–Crippen MR) is 54.4 cm³/mol. The molecule has 5 nitrogen and oxygen atoms in total. The topological polar surface area (TPSA) is 81.4 Å². The van der Waals surface area contributed by atoms with Crippen LogP contribution >= 0.6 is 0 Å². The first-order valence-electron chi connectivity index (χ1n) is 4.75. The Kier molecular flexibility index (Phi) is 3.88. The Morgan fingerprint density at radius 1 is 1.57 bits per heavy atom. The molecule has 0 aromatic heterocycles. The van der Waals surface area contributed by atoms with Crippen LogP contribution in [0.3, 0.4) is 0 Å². The third kappa shape index (κ3) is 4.36. The van der Waals surface area contributed by atoms with Gasteiger partial charge >= 0.3 is 0 Å². The van der Waals surface area contributed by atoms with Gasteiger partial charge < -0.3 is 10.1 Å². The molecule has 1 saturated heterocycles. The summed E-state index contributed by atoms with van der Waals surface area (Å²) in [6, 6.07) is 0. The molecular formula is C8H18N2O3S. The van der Waals surface area contributed by atoms with Gasteiger partial charge in [0.1, 0.15) is 0 Å². The molecule has 1 atom stereocenters. The zero-order chi connectivity index (χ0) is 10.7. The maximum absolute atomic E-state index is 10.7. The zero-order valence-corrected chi connectivity index (χ0v) is 9.27. The first kappa shape index (κ1) is 11.9. The van der Waals surface area contributed by atoms with E-state index in [1.807, 2.05) is 6.92 Å². The summed E-state index contributed by atoms with van der Waals surface area (Å²) in [4.78, 5) is 0. The molecule has 1 fully saturated rings. The van der Waals surface area contributed by atoms with Gasteiger partial charge in [-0.3, -0.25) is 0 Å². The van der Waals surface area contributed by atoms with E-state index in [2.05, 4.69) is 5.32 Å². The number of nitrogens with two attached hydrogens (primary N) is 1. The first-order valence-corrected chi connectivity index (χ1v) is 6.46. The van der Waals surface area contributed by atoms with Crippen LogP contribution in [0, 0.1) is 0 Å². The van der Waals surface area contributed by atoms with Crippen molar-refractivity contribution in [2.24, 2.45) is 5.14 Å². The molecule has 1 unspecified atom stereocenters. The van der Waals surface area contributed by atoms with E-state index < -0.39 is 10.0 Å². The van der Waals surface area contributed by atoms with E-state index in [-0.39, 0.29) is 11.3 Å². The van der Waals surface area contributed by atoms with E-state index in [1.165, 1.54) is 0 Å². The number of primary sulfonamides is 1. The summed E-state index contributed by atoms with van der Waals surface area (Å²) < 4.78 is 26.7. The standard InChI is InChI=1S/C8H18N2O3S/c1-8(3-2-5-13-7-8)10-4-6-14(9,11)12/h10H,2-7H2,1H3,(H2,9,11,12). The molecule has 1 aliphatic heterocycles. The molecule has 1 aliphatic rings. The second-order valence-electron chi connectivity index (χ2n) is 4.01. The van der Waals surface area contributed by atoms with Crippen molar-refractivity contribution in [1.82, 2.24) is 5.32 Å². The molecule has 3 N–H and O–H groups in total. The van der Waals surface area contributed by atoms with Crippen LogP contribution < -0.4 is 10.5 Å². The van der Waals surface area contributed by atoms with Gasteiger partial charge in [0.25, 0.3) is 0 Å². The molecule has 0 amide bonds. The zero-order valence-electron chi connectivity index (χ0n) is 8.45. The van der Waals surface area contributed by atoms with Crippen molar-refractivity contribution >= 4 is 10.0 Å². The lowest BCUT2D eigenvalue weighted by molar-refractivity contribution is 0.0295. The van der Waals surface area contributed by atoms with Crippen molar-refractivity contribution in [3.63, 3.8) is 0 Å². The summed E-state index contributed by atoms with van der Waals surface area (Å²) in [7, 11) is -3.36. The Bertz CT molecular complexity index is 270. The summed E-state index contributed by atoms with van der Waals surface area (Å²) >= 11 is 0. The SMILES string of the molecule is CC1(NCCS(N)(=O)=O)CCCOC1. The number of ether oxygens (including phenoxy) is 1. The van der Waals surface area contributed by atoms with Gasteiger partial charge in [0.15, 0.2) is 0 Å². The minimum absolute atomic E-state index is 0.0252. The molecule has 0 aromatic carbocycles. The minimum Gasteiger partial charge on any atom is -0.380 e. The summed E-state index contributed by atoms with van der Waals surface area (Å²) in [5.74, 6) is -0.0252. The summed E-state index contributed by atoms with van der Waals surface area (Å²) in [5, 5.41) is 8.07. The predicted octanol–water partition coefficient (Wildman–Crippen LogP) is -0.566. The Hall–Kier alpha value is -0.170. The van der Waals surface area contributed by atoms with Gasteiger partial charge in [-0.2, -0.15) is 0 Å². The second kappa shape index (κ2) is 4.57. The van der Waals surface area contributed by atoms with Crippen LogP contribution in [0.25, 0.3) is 0 Å². The fraction of sp³-hybridized carbons (Fsp3) is 1.00. The van der Waals surface area contributed by atoms with Crippen LogP contribution in [0.15, 0.2) is 0 Å². The maximum atomic E-state index is 10.7. The highest BCUT2D eigenvalue weighted by Gasteiger charge is 2.26. The quantitative estimate of drug-likeness (QED) is 0.667. The van der Waals surface area contributed by atoms with E-state index in [0.29, 0.717) is 13.2 Å². The van der Waals surface area contributed by atoms with Crippen LogP contribution in [0.4, 0.5) is 0 Å². The fourth-order valence-corrected chi connectivity index (χ4v) is 1.96. The summed E-state index contributed by atoms with van der Waals surface area (Å²) in [6.45, 7) is 3.86. The largest absolute Gasteiger partial charge is 0.380 e. The molecule has 1 heterocycles. The third-order valence-corrected chi connectivity index (χ3v) is 3.15. The fourth-order valence-electron chi connectivity index (χ4n) is 1.57.